The fourth-order valence-corrected chi connectivity index (χ4v) is 18.1. The molecule has 15 nitrogen and oxygen atoms in total. The average Bonchev–Trinajstić information content (AvgIpc) is 1.78. The predicted molar refractivity (Wildman–Crippen MR) is 568 cm³/mol. The summed E-state index contributed by atoms with van der Waals surface area (Å²) in [6, 6.07) is 102. The van der Waals surface area contributed by atoms with Crippen LogP contribution in [0, 0.1) is 63.3 Å². The van der Waals surface area contributed by atoms with Crippen molar-refractivity contribution in [3.8, 4) is 52.0 Å². The molecule has 0 saturated heterocycles. The monoisotopic (exact) mass is 2400 g/mol. The summed E-state index contributed by atoms with van der Waals surface area (Å²) in [5.41, 5.74) is 20.7. The van der Waals surface area contributed by atoms with Gasteiger partial charge >= 0.3 is 0 Å². The molecule has 0 unspecified atom stereocenters. The molecule has 0 atom stereocenters. The first-order chi connectivity index (χ1) is 68.6. The molecule has 0 saturated carbocycles. The van der Waals surface area contributed by atoms with Crippen molar-refractivity contribution in [2.45, 2.75) is 190 Å². The molecule has 18 heteroatoms. The quantitative estimate of drug-likeness (QED) is 0.109. The van der Waals surface area contributed by atoms with E-state index in [4.69, 9.17) is 41.5 Å². The van der Waals surface area contributed by atoms with Crippen LogP contribution in [0.3, 0.4) is 0 Å². The van der Waals surface area contributed by atoms with Gasteiger partial charge in [-0.1, -0.05) is 247 Å². The third-order valence-corrected chi connectivity index (χ3v) is 25.9. The number of benzene rings is 12. The summed E-state index contributed by atoms with van der Waals surface area (Å²) in [5.74, 6) is 5.59. The number of aromatic nitrogens is 6. The number of pyridine rings is 3. The third-order valence-electron chi connectivity index (χ3n) is 25.9. The Morgan fingerprint density at radius 1 is 0.264 bits per heavy atom. The van der Waals surface area contributed by atoms with Crippen LogP contribution in [0.5, 0.6) is 34.5 Å². The second-order valence-electron chi connectivity index (χ2n) is 43.1. The fourth-order valence-electron chi connectivity index (χ4n) is 18.1. The van der Waals surface area contributed by atoms with Crippen molar-refractivity contribution in [3.05, 3.63) is 362 Å². The van der Waals surface area contributed by atoms with Crippen LogP contribution >= 0.6 is 0 Å². The number of anilines is 9. The number of hydrogen-bond acceptors (Lipinski definition) is 12. The van der Waals surface area contributed by atoms with E-state index in [0.717, 1.165) is 117 Å². The molecule has 0 radical (unpaired) electrons. The molecule has 21 rings (SSSR count). The van der Waals surface area contributed by atoms with E-state index >= 15 is 0 Å². The molecule has 140 heavy (non-hydrogen) atoms. The Morgan fingerprint density at radius 3 is 1.05 bits per heavy atom. The van der Waals surface area contributed by atoms with Gasteiger partial charge in [-0.2, -0.15) is 44.3 Å². The van der Waals surface area contributed by atoms with E-state index in [1.807, 2.05) is 155 Å². The predicted octanol–water partition coefficient (Wildman–Crippen LogP) is 31.2. The second-order valence-corrected chi connectivity index (χ2v) is 43.1. The summed E-state index contributed by atoms with van der Waals surface area (Å²) in [7, 11) is 0. The van der Waals surface area contributed by atoms with E-state index in [2.05, 4.69) is 318 Å². The molecule has 0 bridgehead atoms. The molecule has 726 valence electrons. The molecule has 6 aromatic heterocycles. The van der Waals surface area contributed by atoms with Crippen LogP contribution in [0.4, 0.5) is 51.2 Å². The zero-order valence-electron chi connectivity index (χ0n) is 92.1. The molecule has 3 aliphatic heterocycles. The van der Waals surface area contributed by atoms with Crippen LogP contribution in [-0.2, 0) is 101 Å². The first-order valence-corrected chi connectivity index (χ1v) is 46.8. The smallest absolute Gasteiger partial charge is 0.135 e. The number of rotatable bonds is 12. The van der Waals surface area contributed by atoms with Gasteiger partial charge in [0.25, 0.3) is 0 Å². The second kappa shape index (κ2) is 38.3. The van der Waals surface area contributed by atoms with Crippen molar-refractivity contribution in [2.75, 3.05) is 50.3 Å². The van der Waals surface area contributed by atoms with Crippen molar-refractivity contribution in [3.63, 3.8) is 0 Å². The van der Waals surface area contributed by atoms with Gasteiger partial charge in [0.15, 0.2) is 0 Å². The zero-order valence-corrected chi connectivity index (χ0v) is 89.9. The molecule has 18 aromatic rings. The van der Waals surface area contributed by atoms with Crippen LogP contribution in [0.1, 0.15) is 202 Å². The molecule has 3 aliphatic rings. The van der Waals surface area contributed by atoms with Gasteiger partial charge in [0.2, 0.25) is 0 Å². The largest absolute Gasteiger partial charge is 0.509 e. The summed E-state index contributed by atoms with van der Waals surface area (Å²) in [6.07, 6.45) is 5.63. The van der Waals surface area contributed by atoms with Crippen LogP contribution < -0.4 is 43.6 Å². The van der Waals surface area contributed by atoms with Gasteiger partial charge in [0, 0.05) is 179 Å². The van der Waals surface area contributed by atoms with Crippen molar-refractivity contribution < 1.29 is 89.7 Å². The maximum Gasteiger partial charge on any atom is 0.135 e. The van der Waals surface area contributed by atoms with Crippen LogP contribution in [0.2, 0.25) is 0 Å². The van der Waals surface area contributed by atoms with Crippen molar-refractivity contribution >= 4 is 117 Å². The number of aryl methyl sites for hydroxylation is 1. The summed E-state index contributed by atoms with van der Waals surface area (Å²) in [6.45, 7) is 45.9. The minimum atomic E-state index is -2.36. The fraction of sp³-hybridized carbons (Fsp3) is 0.262. The van der Waals surface area contributed by atoms with E-state index in [9.17, 15) is 0 Å². The van der Waals surface area contributed by atoms with E-state index in [1.165, 1.54) is 42.5 Å². The molecule has 12 aromatic carbocycles. The molecule has 0 fully saturated rings. The minimum absolute atomic E-state index is 0. The van der Waals surface area contributed by atoms with E-state index in [-0.39, 0.29) is 101 Å². The van der Waals surface area contributed by atoms with Crippen molar-refractivity contribution in [1.82, 2.24) is 28.7 Å². The Labute approximate surface area is 883 Å². The average molecular weight is 2400 g/mol. The SMILES string of the molecule is [2H]C([2H])([2H])N1[CH-]N(c2[c-]c(Oc3[c-]c4c(c(C)c3)c3ccccc3n4-c3cc(C(C)(C)C)ccn3)ccc2)c2ccccc21.[2H]C([2H])([2H])N1[CH-]N(c2[c-]c(Oc3[c-]c4c(cc3)c3cc(C(C)(C)C)ccc3n4-c3cc(C(C)(C)C)ccn3)cc(C(C)(C)C)c2)c2ccccc21.[2H]C([2H])([2H])N1[CH-]N(c2[c-]c(Oc3[c-]c4c(cc3)c3cc(C(C)(C)C)ccc3n4-c3cc(C(C)(C)C)ccn3)ccc2)c2ccc(C(C)(C)C)cc21.[Pt].[Pt].[Pt]. The third kappa shape index (κ3) is 19.9. The molecule has 0 aliphatic carbocycles. The van der Waals surface area contributed by atoms with E-state index < -0.39 is 20.9 Å². The van der Waals surface area contributed by atoms with Crippen LogP contribution in [0.15, 0.2) is 261 Å². The first-order valence-electron chi connectivity index (χ1n) is 51.3. The summed E-state index contributed by atoms with van der Waals surface area (Å²) < 4.78 is 99.3. The first kappa shape index (κ1) is 89.1. The van der Waals surface area contributed by atoms with Crippen LogP contribution in [-0.4, -0.2) is 49.6 Å². The summed E-state index contributed by atoms with van der Waals surface area (Å²) in [5, 5.41) is 6.62. The Kier molecular flexibility index (Phi) is 24.4. The molecule has 9 heterocycles. The topological polar surface area (TPSA) is 101 Å². The van der Waals surface area contributed by atoms with Gasteiger partial charge < -0.3 is 57.3 Å². The summed E-state index contributed by atoms with van der Waals surface area (Å²) in [4.78, 5) is 24.0. The Balaban J connectivity index is 0.000000158. The molecule has 0 N–H and O–H groups in total. The van der Waals surface area contributed by atoms with Gasteiger partial charge in [-0.25, -0.2) is 15.0 Å². The number of nitrogens with zero attached hydrogens (tertiary/aromatic N) is 12. The number of para-hydroxylation sites is 5. The number of fused-ring (bicyclic) bond motifs is 12. The van der Waals surface area contributed by atoms with Crippen LogP contribution in [0.25, 0.3) is 82.9 Å². The Hall–Kier alpha value is -12.2. The van der Waals surface area contributed by atoms with Gasteiger partial charge in [-0.05, 0) is 199 Å². The maximum absolute atomic E-state index is 8.26. The minimum Gasteiger partial charge on any atom is -0.509 e. The normalized spacial score (nSPS) is 14.6. The van der Waals surface area contributed by atoms with Gasteiger partial charge in [-0.3, -0.25) is 0 Å². The van der Waals surface area contributed by atoms with Crippen molar-refractivity contribution in [1.29, 1.82) is 0 Å². The Bertz CT molecular complexity index is 8120. The number of ether oxygens (including phenoxy) is 3. The number of hydrogen-bond donors (Lipinski definition) is 0. The standard InChI is InChI=1S/2C43H45N4O.C36H31N4O.3Pt/c1-41(2,3)28-14-18-36-35(22-28)34-17-16-33(26-38(34)47(36)40-24-30(20-21-44-40)43(7,8)9)48-32-13-11-12-31(25-32)46-27-45(10)39-23-29(42(4,5)6)15-19-37(39)46;1-41(2,3)28-15-18-36-35(23-28)34-17-16-32(26-39(34)47(36)40-24-29(19-20-44-40)42(4,5)6)48-33-22-30(43(7,8)9)21-31(25-33)46-27-45(10)37-13-11-12-14-38(37)46;1-24-19-28(41-27-12-10-11-26(21-27)39-23-38(5)31-15-8-9-16-32(31)39)22-33-35(24)29-13-6-7-14-30(29)40(33)34-20-25(17-18-37-34)36(2,3)4;;;/h2*11-24,27H,1-10H3;6-20,23H,1-5H3;;;/q3*-3;;;/i2*10D3;5D3;;;. The summed E-state index contributed by atoms with van der Waals surface area (Å²) >= 11 is 0. The van der Waals surface area contributed by atoms with E-state index in [1.54, 1.807) is 26.1 Å². The van der Waals surface area contributed by atoms with Gasteiger partial charge in [-0.15, -0.1) is 130 Å². The van der Waals surface area contributed by atoms with Crippen molar-refractivity contribution in [2.24, 2.45) is 0 Å². The zero-order chi connectivity index (χ0) is 104. The van der Waals surface area contributed by atoms with E-state index in [0.29, 0.717) is 68.6 Å². The maximum atomic E-state index is 8.26. The molecule has 0 amide bonds. The Morgan fingerprint density at radius 2 is 0.607 bits per heavy atom. The molecular formula is C122H121N12O3Pt3-9. The molecule has 0 spiro atoms. The van der Waals surface area contributed by atoms with Gasteiger partial charge in [0.05, 0.1) is 0 Å². The van der Waals surface area contributed by atoms with Gasteiger partial charge in [0.1, 0.15) is 17.5 Å². The molecular weight excluding hydrogens is 2270 g/mol.